The monoisotopic (exact) mass is 290 g/mol. The number of aromatic nitrogens is 2. The smallest absolute Gasteiger partial charge is 0.278 e. The molecule has 0 bridgehead atoms. The lowest BCUT2D eigenvalue weighted by atomic mass is 10.1. The summed E-state index contributed by atoms with van der Waals surface area (Å²) in [6, 6.07) is 5.24. The first-order valence-corrected chi connectivity index (χ1v) is 7.31. The maximum atomic E-state index is 12.1. The third kappa shape index (κ3) is 3.38. The van der Waals surface area contributed by atoms with Crippen molar-refractivity contribution in [2.75, 3.05) is 11.3 Å². The lowest BCUT2D eigenvalue weighted by Gasteiger charge is -2.07. The zero-order valence-corrected chi connectivity index (χ0v) is 11.7. The zero-order chi connectivity index (χ0) is 14.6. The van der Waals surface area contributed by atoms with E-state index in [0.717, 1.165) is 5.56 Å². The molecule has 0 spiro atoms. The summed E-state index contributed by atoms with van der Waals surface area (Å²) in [7, 11) is -3.66. The number of hydrogen-bond donors (Lipinski definition) is 3. The Morgan fingerprint density at radius 3 is 2.85 bits per heavy atom. The second kappa shape index (κ2) is 5.77. The molecular weight excluding hydrogens is 276 g/mol. The summed E-state index contributed by atoms with van der Waals surface area (Å²) in [5.41, 5.74) is 7.37. The van der Waals surface area contributed by atoms with Crippen LogP contribution < -0.4 is 10.5 Å². The van der Waals surface area contributed by atoms with Crippen molar-refractivity contribution >= 4 is 15.7 Å². The average Bonchev–Trinajstić information content (AvgIpc) is 2.89. The van der Waals surface area contributed by atoms with Crippen molar-refractivity contribution in [3.05, 3.63) is 41.9 Å². The predicted octanol–water partition coefficient (Wildman–Crippen LogP) is 0.829. The van der Waals surface area contributed by atoms with Crippen LogP contribution in [0.25, 0.3) is 0 Å². The standard InChI is InChI=1S/C13H14N4O2S/c1-10-5-11(3-2-4-14)7-12(6-10)17-20(18,19)13-8-15-9-16-13/h5-9,17H,4,14H2,1H3,(H,15,16). The molecular formula is C13H14N4O2S. The van der Waals surface area contributed by atoms with E-state index in [1.165, 1.54) is 12.5 Å². The number of H-pyrrole nitrogens is 1. The number of nitrogens with zero attached hydrogens (tertiary/aromatic N) is 1. The van der Waals surface area contributed by atoms with Gasteiger partial charge in [0.05, 0.1) is 24.8 Å². The summed E-state index contributed by atoms with van der Waals surface area (Å²) in [4.78, 5) is 6.25. The first kappa shape index (κ1) is 14.1. The summed E-state index contributed by atoms with van der Waals surface area (Å²) in [6.07, 6.45) is 2.55. The summed E-state index contributed by atoms with van der Waals surface area (Å²) in [5, 5.41) is 0.00796. The molecule has 0 unspecified atom stereocenters. The Hall–Kier alpha value is -2.30. The molecule has 6 nitrogen and oxygen atoms in total. The fourth-order valence-corrected chi connectivity index (χ4v) is 2.61. The number of nitrogens with two attached hydrogens (primary N) is 1. The number of aromatic amines is 1. The molecule has 2 rings (SSSR count). The fraction of sp³-hybridized carbons (Fsp3) is 0.154. The molecule has 1 aromatic heterocycles. The minimum Gasteiger partial charge on any atom is -0.334 e. The van der Waals surface area contributed by atoms with Crippen LogP contribution in [0.4, 0.5) is 5.69 Å². The minimum absolute atomic E-state index is 0.00796. The van der Waals surface area contributed by atoms with Crippen molar-refractivity contribution < 1.29 is 8.42 Å². The fourth-order valence-electron chi connectivity index (χ4n) is 1.67. The van der Waals surface area contributed by atoms with Crippen LogP contribution in [-0.2, 0) is 10.0 Å². The molecule has 1 aromatic carbocycles. The van der Waals surface area contributed by atoms with Crippen LogP contribution in [0.5, 0.6) is 0 Å². The van der Waals surface area contributed by atoms with Gasteiger partial charge in [-0.1, -0.05) is 11.8 Å². The highest BCUT2D eigenvalue weighted by molar-refractivity contribution is 7.92. The van der Waals surface area contributed by atoms with Gasteiger partial charge >= 0.3 is 0 Å². The first-order chi connectivity index (χ1) is 9.51. The SMILES string of the molecule is Cc1cc(C#CCN)cc(NS(=O)(=O)c2cnc[nH]2)c1. The Bertz CT molecular complexity index is 755. The second-order valence-corrected chi connectivity index (χ2v) is 5.77. The van der Waals surface area contributed by atoms with Gasteiger partial charge < -0.3 is 10.7 Å². The van der Waals surface area contributed by atoms with Gasteiger partial charge in [-0.05, 0) is 30.7 Å². The van der Waals surface area contributed by atoms with Gasteiger partial charge in [-0.2, -0.15) is 8.42 Å². The molecule has 0 saturated carbocycles. The van der Waals surface area contributed by atoms with Crippen molar-refractivity contribution in [1.29, 1.82) is 0 Å². The molecule has 2 aromatic rings. The van der Waals surface area contributed by atoms with Crippen LogP contribution in [0.2, 0.25) is 0 Å². The van der Waals surface area contributed by atoms with Crippen molar-refractivity contribution in [2.45, 2.75) is 11.9 Å². The number of sulfonamides is 1. The molecule has 0 fully saturated rings. The molecule has 0 aliphatic carbocycles. The van der Waals surface area contributed by atoms with E-state index in [1.54, 1.807) is 12.1 Å². The third-order valence-corrected chi connectivity index (χ3v) is 3.73. The maximum Gasteiger partial charge on any atom is 0.278 e. The van der Waals surface area contributed by atoms with E-state index >= 15 is 0 Å². The topological polar surface area (TPSA) is 101 Å². The molecule has 0 saturated heterocycles. The molecule has 0 aliphatic rings. The van der Waals surface area contributed by atoms with Crippen molar-refractivity contribution in [1.82, 2.24) is 9.97 Å². The molecule has 20 heavy (non-hydrogen) atoms. The summed E-state index contributed by atoms with van der Waals surface area (Å²) in [5.74, 6) is 5.61. The molecule has 4 N–H and O–H groups in total. The molecule has 1 heterocycles. The number of aryl methyl sites for hydroxylation is 1. The molecule has 0 atom stereocenters. The number of hydrogen-bond acceptors (Lipinski definition) is 4. The summed E-state index contributed by atoms with van der Waals surface area (Å²) >= 11 is 0. The Kier molecular flexibility index (Phi) is 4.08. The molecule has 7 heteroatoms. The van der Waals surface area contributed by atoms with Crippen LogP contribution in [0.3, 0.4) is 0 Å². The van der Waals surface area contributed by atoms with Crippen LogP contribution in [0, 0.1) is 18.8 Å². The van der Waals surface area contributed by atoms with E-state index in [4.69, 9.17) is 5.73 Å². The Balaban J connectivity index is 2.32. The van der Waals surface area contributed by atoms with E-state index in [1.807, 2.05) is 13.0 Å². The van der Waals surface area contributed by atoms with Gasteiger partial charge in [-0.15, -0.1) is 0 Å². The van der Waals surface area contributed by atoms with Crippen molar-refractivity contribution in [2.24, 2.45) is 5.73 Å². The summed E-state index contributed by atoms with van der Waals surface area (Å²) in [6.45, 7) is 2.12. The quantitative estimate of drug-likeness (QED) is 0.729. The zero-order valence-electron chi connectivity index (χ0n) is 10.8. The van der Waals surface area contributed by atoms with Gasteiger partial charge in [-0.3, -0.25) is 4.72 Å². The third-order valence-electron chi connectivity index (χ3n) is 2.43. The van der Waals surface area contributed by atoms with E-state index in [0.29, 0.717) is 11.3 Å². The predicted molar refractivity (Wildman–Crippen MR) is 76.5 cm³/mol. The number of imidazole rings is 1. The van der Waals surface area contributed by atoms with E-state index < -0.39 is 10.0 Å². The highest BCUT2D eigenvalue weighted by Crippen LogP contribution is 2.17. The lowest BCUT2D eigenvalue weighted by Crippen LogP contribution is -2.13. The van der Waals surface area contributed by atoms with E-state index in [2.05, 4.69) is 26.5 Å². The highest BCUT2D eigenvalue weighted by Gasteiger charge is 2.15. The van der Waals surface area contributed by atoms with Gasteiger partial charge in [0.15, 0.2) is 5.03 Å². The van der Waals surface area contributed by atoms with Gasteiger partial charge in [0.25, 0.3) is 10.0 Å². The van der Waals surface area contributed by atoms with Crippen LogP contribution >= 0.6 is 0 Å². The summed E-state index contributed by atoms with van der Waals surface area (Å²) < 4.78 is 26.6. The van der Waals surface area contributed by atoms with Gasteiger partial charge in [0.1, 0.15) is 0 Å². The first-order valence-electron chi connectivity index (χ1n) is 5.83. The average molecular weight is 290 g/mol. The Labute approximate surface area is 117 Å². The molecule has 0 amide bonds. The Morgan fingerprint density at radius 2 is 2.20 bits per heavy atom. The minimum atomic E-state index is -3.66. The van der Waals surface area contributed by atoms with Crippen LogP contribution in [-0.4, -0.2) is 24.9 Å². The molecule has 0 radical (unpaired) electrons. The highest BCUT2D eigenvalue weighted by atomic mass is 32.2. The second-order valence-electron chi connectivity index (χ2n) is 4.11. The number of benzene rings is 1. The van der Waals surface area contributed by atoms with E-state index in [-0.39, 0.29) is 11.6 Å². The Morgan fingerprint density at radius 1 is 1.40 bits per heavy atom. The number of rotatable bonds is 3. The maximum absolute atomic E-state index is 12.1. The van der Waals surface area contributed by atoms with Crippen LogP contribution in [0.1, 0.15) is 11.1 Å². The normalized spacial score (nSPS) is 10.7. The largest absolute Gasteiger partial charge is 0.334 e. The van der Waals surface area contributed by atoms with Gasteiger partial charge in [0.2, 0.25) is 0 Å². The van der Waals surface area contributed by atoms with Crippen molar-refractivity contribution in [3.63, 3.8) is 0 Å². The van der Waals surface area contributed by atoms with Gasteiger partial charge in [-0.25, -0.2) is 4.98 Å². The molecule has 104 valence electrons. The van der Waals surface area contributed by atoms with Gasteiger partial charge in [0, 0.05) is 5.56 Å². The lowest BCUT2D eigenvalue weighted by molar-refractivity contribution is 0.598. The number of nitrogens with one attached hydrogen (secondary N) is 2. The van der Waals surface area contributed by atoms with Crippen molar-refractivity contribution in [3.8, 4) is 11.8 Å². The van der Waals surface area contributed by atoms with E-state index in [9.17, 15) is 8.42 Å². The van der Waals surface area contributed by atoms with Crippen LogP contribution in [0.15, 0.2) is 35.7 Å². The number of anilines is 1. The molecule has 0 aliphatic heterocycles.